The number of benzene rings is 2. The second-order valence-corrected chi connectivity index (χ2v) is 7.05. The maximum absolute atomic E-state index is 12.5. The van der Waals surface area contributed by atoms with E-state index in [0.29, 0.717) is 12.1 Å². The van der Waals surface area contributed by atoms with E-state index in [9.17, 15) is 19.7 Å². The number of rotatable bonds is 8. The fourth-order valence-electron chi connectivity index (χ4n) is 3.34. The average molecular weight is 427 g/mol. The number of carbonyl (C=O) groups excluding carboxylic acids is 2. The lowest BCUT2D eigenvalue weighted by Gasteiger charge is -2.14. The van der Waals surface area contributed by atoms with Crippen molar-refractivity contribution in [3.63, 3.8) is 0 Å². The van der Waals surface area contributed by atoms with Gasteiger partial charge in [0.15, 0.2) is 0 Å². The Bertz CT molecular complexity index is 880. The Hall–Kier alpha value is -3.26. The Labute approximate surface area is 182 Å². The van der Waals surface area contributed by atoms with Gasteiger partial charge in [0, 0.05) is 35.5 Å². The molecule has 0 atom stereocenters. The van der Waals surface area contributed by atoms with E-state index in [1.807, 2.05) is 19.9 Å². The molecule has 2 aromatic carbocycles. The number of nitrogens with one attached hydrogen (secondary N) is 2. The molecule has 31 heavy (non-hydrogen) atoms. The highest BCUT2D eigenvalue weighted by Crippen LogP contribution is 2.22. The minimum Gasteiger partial charge on any atom is -0.326 e. The maximum Gasteiger partial charge on any atom is 0.272 e. The summed E-state index contributed by atoms with van der Waals surface area (Å²) in [6.07, 6.45) is 3.45. The largest absolute Gasteiger partial charge is 0.326 e. The van der Waals surface area contributed by atoms with E-state index in [1.165, 1.54) is 31.0 Å². The molecule has 1 aliphatic rings. The van der Waals surface area contributed by atoms with Gasteiger partial charge in [-0.1, -0.05) is 32.0 Å². The number of nitrogens with zero attached hydrogens (tertiary/aromatic N) is 2. The Balaban J connectivity index is 0.00000166. The SMILES string of the molecule is CC.O=C(CCCN1CCCC1)Nc1cc(C(=O)Nc2ccccc2)cc([N+](=O)[O-])c1. The highest BCUT2D eigenvalue weighted by Gasteiger charge is 2.17. The second kappa shape index (κ2) is 12.4. The normalized spacial score (nSPS) is 13.1. The molecule has 1 heterocycles. The van der Waals surface area contributed by atoms with Crippen LogP contribution in [0.5, 0.6) is 0 Å². The molecule has 1 saturated heterocycles. The summed E-state index contributed by atoms with van der Waals surface area (Å²) in [6, 6.07) is 12.7. The Kier molecular flexibility index (Phi) is 9.64. The van der Waals surface area contributed by atoms with Crippen LogP contribution < -0.4 is 10.6 Å². The van der Waals surface area contributed by atoms with Crippen LogP contribution in [-0.4, -0.2) is 41.3 Å². The molecule has 166 valence electrons. The Morgan fingerprint density at radius 3 is 2.32 bits per heavy atom. The minimum absolute atomic E-state index is 0.107. The average Bonchev–Trinajstić information content (AvgIpc) is 3.29. The van der Waals surface area contributed by atoms with Gasteiger partial charge in [-0.3, -0.25) is 19.7 Å². The number of para-hydroxylation sites is 1. The molecule has 0 saturated carbocycles. The second-order valence-electron chi connectivity index (χ2n) is 7.05. The summed E-state index contributed by atoms with van der Waals surface area (Å²) < 4.78 is 0. The number of nitro benzene ring substituents is 1. The summed E-state index contributed by atoms with van der Waals surface area (Å²) in [5.74, 6) is -0.705. The molecule has 0 aromatic heterocycles. The number of anilines is 2. The van der Waals surface area contributed by atoms with E-state index in [4.69, 9.17) is 0 Å². The van der Waals surface area contributed by atoms with E-state index in [1.54, 1.807) is 24.3 Å². The number of non-ortho nitro benzene ring substituents is 1. The summed E-state index contributed by atoms with van der Waals surface area (Å²) >= 11 is 0. The fraction of sp³-hybridized carbons (Fsp3) is 0.391. The van der Waals surface area contributed by atoms with Gasteiger partial charge in [-0.05, 0) is 57.1 Å². The molecule has 0 spiro atoms. The summed E-state index contributed by atoms with van der Waals surface area (Å²) in [5, 5.41) is 16.6. The van der Waals surface area contributed by atoms with E-state index in [2.05, 4.69) is 15.5 Å². The van der Waals surface area contributed by atoms with Gasteiger partial charge < -0.3 is 15.5 Å². The van der Waals surface area contributed by atoms with Gasteiger partial charge in [0.25, 0.3) is 11.6 Å². The first kappa shape index (κ1) is 24.0. The van der Waals surface area contributed by atoms with Crippen molar-refractivity contribution in [1.29, 1.82) is 0 Å². The summed E-state index contributed by atoms with van der Waals surface area (Å²) in [5.41, 5.74) is 0.675. The van der Waals surface area contributed by atoms with Crippen molar-refractivity contribution in [2.45, 2.75) is 39.5 Å². The molecule has 2 aromatic rings. The highest BCUT2D eigenvalue weighted by molar-refractivity contribution is 6.06. The number of nitro groups is 1. The van der Waals surface area contributed by atoms with E-state index < -0.39 is 10.8 Å². The first-order chi connectivity index (χ1) is 15.0. The number of amides is 2. The minimum atomic E-state index is -0.581. The number of hydrogen-bond acceptors (Lipinski definition) is 5. The van der Waals surface area contributed by atoms with Gasteiger partial charge in [-0.2, -0.15) is 0 Å². The quantitative estimate of drug-likeness (QED) is 0.471. The molecule has 2 amide bonds. The standard InChI is InChI=1S/C21H24N4O4.C2H6/c26-20(9-6-12-24-10-4-5-11-24)22-18-13-16(14-19(15-18)25(28)29)21(27)23-17-7-2-1-3-8-17;1-2/h1-3,7-8,13-15H,4-6,9-12H2,(H,22,26)(H,23,27);1-2H3. The summed E-state index contributed by atoms with van der Waals surface area (Å²) in [7, 11) is 0. The third-order valence-corrected chi connectivity index (χ3v) is 4.78. The molecule has 3 rings (SSSR count). The highest BCUT2D eigenvalue weighted by atomic mass is 16.6. The molecule has 1 fully saturated rings. The maximum atomic E-state index is 12.5. The van der Waals surface area contributed by atoms with Crippen LogP contribution in [-0.2, 0) is 4.79 Å². The van der Waals surface area contributed by atoms with Crippen LogP contribution in [0, 0.1) is 10.1 Å². The topological polar surface area (TPSA) is 105 Å². The van der Waals surface area contributed by atoms with Gasteiger partial charge in [0.1, 0.15) is 0 Å². The van der Waals surface area contributed by atoms with Crippen LogP contribution in [0.2, 0.25) is 0 Å². The first-order valence-corrected chi connectivity index (χ1v) is 10.7. The van der Waals surface area contributed by atoms with Crippen LogP contribution in [0.1, 0.15) is 49.9 Å². The molecule has 0 aliphatic carbocycles. The molecular formula is C23H30N4O4. The molecule has 0 unspecified atom stereocenters. The molecular weight excluding hydrogens is 396 g/mol. The zero-order valence-corrected chi connectivity index (χ0v) is 18.1. The predicted octanol–water partition coefficient (Wildman–Crippen LogP) is 4.69. The first-order valence-electron chi connectivity index (χ1n) is 10.7. The molecule has 0 bridgehead atoms. The zero-order valence-electron chi connectivity index (χ0n) is 18.1. The summed E-state index contributed by atoms with van der Waals surface area (Å²) in [6.45, 7) is 7.02. The Morgan fingerprint density at radius 2 is 1.68 bits per heavy atom. The molecule has 2 N–H and O–H groups in total. The third kappa shape index (κ3) is 7.82. The van der Waals surface area contributed by atoms with Crippen molar-refractivity contribution in [3.8, 4) is 0 Å². The van der Waals surface area contributed by atoms with Crippen molar-refractivity contribution in [2.24, 2.45) is 0 Å². The van der Waals surface area contributed by atoms with E-state index in [-0.39, 0.29) is 22.8 Å². The van der Waals surface area contributed by atoms with Gasteiger partial charge in [0.05, 0.1) is 4.92 Å². The van der Waals surface area contributed by atoms with Crippen LogP contribution >= 0.6 is 0 Å². The van der Waals surface area contributed by atoms with Gasteiger partial charge in [0.2, 0.25) is 5.91 Å². The molecule has 0 radical (unpaired) electrons. The lowest BCUT2D eigenvalue weighted by molar-refractivity contribution is -0.384. The lowest BCUT2D eigenvalue weighted by atomic mass is 10.1. The zero-order chi connectivity index (χ0) is 22.6. The van der Waals surface area contributed by atoms with Crippen molar-refractivity contribution < 1.29 is 14.5 Å². The third-order valence-electron chi connectivity index (χ3n) is 4.78. The van der Waals surface area contributed by atoms with E-state index >= 15 is 0 Å². The van der Waals surface area contributed by atoms with Crippen molar-refractivity contribution >= 4 is 28.9 Å². The van der Waals surface area contributed by atoms with Crippen molar-refractivity contribution in [1.82, 2.24) is 4.90 Å². The smallest absolute Gasteiger partial charge is 0.272 e. The lowest BCUT2D eigenvalue weighted by Crippen LogP contribution is -2.22. The van der Waals surface area contributed by atoms with Crippen LogP contribution in [0.15, 0.2) is 48.5 Å². The van der Waals surface area contributed by atoms with Crippen LogP contribution in [0.4, 0.5) is 17.1 Å². The number of hydrogen-bond donors (Lipinski definition) is 2. The Morgan fingerprint density at radius 1 is 1.00 bits per heavy atom. The monoisotopic (exact) mass is 426 g/mol. The fourth-order valence-corrected chi connectivity index (χ4v) is 3.34. The van der Waals surface area contributed by atoms with Crippen molar-refractivity contribution in [3.05, 3.63) is 64.2 Å². The number of carbonyl (C=O) groups is 2. The van der Waals surface area contributed by atoms with Crippen LogP contribution in [0.3, 0.4) is 0 Å². The molecule has 1 aliphatic heterocycles. The van der Waals surface area contributed by atoms with Gasteiger partial charge in [-0.25, -0.2) is 0 Å². The van der Waals surface area contributed by atoms with Gasteiger partial charge >= 0.3 is 0 Å². The predicted molar refractivity (Wildman–Crippen MR) is 122 cm³/mol. The summed E-state index contributed by atoms with van der Waals surface area (Å²) in [4.78, 5) is 37.7. The molecule has 8 nitrogen and oxygen atoms in total. The van der Waals surface area contributed by atoms with Crippen molar-refractivity contribution in [2.75, 3.05) is 30.3 Å². The molecule has 8 heteroatoms. The van der Waals surface area contributed by atoms with Gasteiger partial charge in [-0.15, -0.1) is 0 Å². The van der Waals surface area contributed by atoms with Crippen LogP contribution in [0.25, 0.3) is 0 Å². The number of likely N-dealkylation sites (tertiary alicyclic amines) is 1. The van der Waals surface area contributed by atoms with E-state index in [0.717, 1.165) is 26.1 Å².